The van der Waals surface area contributed by atoms with Crippen LogP contribution in [0.5, 0.6) is 0 Å². The molecule has 0 rings (SSSR count). The van der Waals surface area contributed by atoms with Gasteiger partial charge >= 0.3 is 5.97 Å². The van der Waals surface area contributed by atoms with Gasteiger partial charge < -0.3 is 14.9 Å². The van der Waals surface area contributed by atoms with Gasteiger partial charge in [0.2, 0.25) is 0 Å². The van der Waals surface area contributed by atoms with Crippen LogP contribution in [0.4, 0.5) is 0 Å². The summed E-state index contributed by atoms with van der Waals surface area (Å²) in [5.74, 6) is -0.277. The van der Waals surface area contributed by atoms with Crippen LogP contribution in [-0.2, 0) is 9.53 Å². The number of aliphatic hydroxyl groups is 2. The minimum absolute atomic E-state index is 0.103. The van der Waals surface area contributed by atoms with Gasteiger partial charge in [0.25, 0.3) is 0 Å². The maximum absolute atomic E-state index is 11.3. The lowest BCUT2D eigenvalue weighted by Gasteiger charge is -2.08. The Kier molecular flexibility index (Phi) is 25.4. The predicted octanol–water partition coefficient (Wildman–Crippen LogP) is 5.56. The van der Waals surface area contributed by atoms with Crippen molar-refractivity contribution >= 4 is 5.97 Å². The molecule has 156 valence electrons. The van der Waals surface area contributed by atoms with Crippen LogP contribution < -0.4 is 0 Å². The molecule has 0 aliphatic carbocycles. The number of allylic oxidation sites excluding steroid dienone is 1. The smallest absolute Gasteiger partial charge is 0.305 e. The van der Waals surface area contributed by atoms with Crippen molar-refractivity contribution in [3.8, 4) is 0 Å². The van der Waals surface area contributed by atoms with Crippen molar-refractivity contribution in [1.82, 2.24) is 0 Å². The molecular weight excluding hydrogens is 328 g/mol. The molecule has 4 nitrogen and oxygen atoms in total. The van der Waals surface area contributed by atoms with E-state index in [1.165, 1.54) is 70.6 Å². The first-order chi connectivity index (χ1) is 12.6. The molecule has 0 radical (unpaired) electrons. The van der Waals surface area contributed by atoms with Crippen molar-refractivity contribution in [1.29, 1.82) is 0 Å². The van der Waals surface area contributed by atoms with Gasteiger partial charge in [-0.3, -0.25) is 4.79 Å². The van der Waals surface area contributed by atoms with Gasteiger partial charge in [-0.2, -0.15) is 0 Å². The Labute approximate surface area is 162 Å². The molecule has 0 spiro atoms. The first-order valence-electron chi connectivity index (χ1n) is 10.6. The highest BCUT2D eigenvalue weighted by Gasteiger charge is 2.07. The molecule has 0 aliphatic heterocycles. The second kappa shape index (κ2) is 24.1. The minimum atomic E-state index is -0.953. The van der Waals surface area contributed by atoms with Crippen molar-refractivity contribution in [2.24, 2.45) is 0 Å². The highest BCUT2D eigenvalue weighted by molar-refractivity contribution is 5.69. The molecule has 2 N–H and O–H groups in total. The third-order valence-corrected chi connectivity index (χ3v) is 4.13. The number of unbranched alkanes of at least 4 members (excludes halogenated alkanes) is 12. The normalized spacial score (nSPS) is 11.4. The van der Waals surface area contributed by atoms with Crippen molar-refractivity contribution in [2.45, 2.75) is 110 Å². The molecule has 4 heteroatoms. The molecule has 0 saturated heterocycles. The van der Waals surface area contributed by atoms with E-state index in [-0.39, 0.29) is 19.2 Å². The summed E-state index contributed by atoms with van der Waals surface area (Å²) in [5, 5.41) is 17.7. The van der Waals surface area contributed by atoms with Gasteiger partial charge in [-0.25, -0.2) is 0 Å². The topological polar surface area (TPSA) is 66.8 Å². The molecule has 0 heterocycles. The lowest BCUT2D eigenvalue weighted by atomic mass is 10.0. The summed E-state index contributed by atoms with van der Waals surface area (Å²) in [6, 6.07) is 0. The predicted molar refractivity (Wildman–Crippen MR) is 110 cm³/mol. The summed E-state index contributed by atoms with van der Waals surface area (Å²) in [6.45, 7) is 7.03. The van der Waals surface area contributed by atoms with Gasteiger partial charge in [-0.1, -0.05) is 90.0 Å². The summed E-state index contributed by atoms with van der Waals surface area (Å²) in [5.41, 5.74) is 0. The Morgan fingerprint density at radius 1 is 0.923 bits per heavy atom. The van der Waals surface area contributed by atoms with Crippen LogP contribution in [0.15, 0.2) is 12.7 Å². The third-order valence-electron chi connectivity index (χ3n) is 4.13. The number of carbonyl (C=O) groups is 1. The Morgan fingerprint density at radius 2 is 1.31 bits per heavy atom. The number of ether oxygens (including phenoxy) is 1. The van der Waals surface area contributed by atoms with E-state index < -0.39 is 6.10 Å². The fourth-order valence-electron chi connectivity index (χ4n) is 2.60. The van der Waals surface area contributed by atoms with E-state index in [1.807, 2.05) is 6.92 Å². The van der Waals surface area contributed by atoms with Gasteiger partial charge in [-0.05, 0) is 13.3 Å². The van der Waals surface area contributed by atoms with Gasteiger partial charge in [0.15, 0.2) is 0 Å². The third kappa shape index (κ3) is 25.4. The molecule has 1 unspecified atom stereocenters. The van der Waals surface area contributed by atoms with Crippen LogP contribution in [0.3, 0.4) is 0 Å². The lowest BCUT2D eigenvalue weighted by Crippen LogP contribution is -2.21. The standard InChI is InChI=1S/C19H38O4.C3H6/c1-2-3-4-5-6-7-8-9-10-11-12-13-14-15-19(22)23-17-18(21)16-20;1-3-2/h18,20-21H,2-17H2,1H3;3H,1H2,2H3. The average molecular weight is 373 g/mol. The van der Waals surface area contributed by atoms with Gasteiger partial charge in [-0.15, -0.1) is 6.58 Å². The molecular formula is C22H44O4. The number of carbonyl (C=O) groups excluding carboxylic acids is 1. The number of hydrogen-bond acceptors (Lipinski definition) is 4. The zero-order valence-corrected chi connectivity index (χ0v) is 17.4. The summed E-state index contributed by atoms with van der Waals surface area (Å²) in [4.78, 5) is 11.3. The van der Waals surface area contributed by atoms with Crippen LogP contribution in [0.25, 0.3) is 0 Å². The zero-order chi connectivity index (χ0) is 19.9. The van der Waals surface area contributed by atoms with Gasteiger partial charge in [0.05, 0.1) is 6.61 Å². The average Bonchev–Trinajstić information content (AvgIpc) is 2.64. The van der Waals surface area contributed by atoms with E-state index in [1.54, 1.807) is 6.08 Å². The van der Waals surface area contributed by atoms with E-state index in [0.717, 1.165) is 12.8 Å². The molecule has 0 aromatic rings. The fraction of sp³-hybridized carbons (Fsp3) is 0.864. The monoisotopic (exact) mass is 372 g/mol. The van der Waals surface area contributed by atoms with E-state index in [4.69, 9.17) is 14.9 Å². The second-order valence-electron chi connectivity index (χ2n) is 6.92. The van der Waals surface area contributed by atoms with Crippen molar-refractivity contribution in [3.63, 3.8) is 0 Å². The van der Waals surface area contributed by atoms with Crippen molar-refractivity contribution < 1.29 is 19.7 Å². The summed E-state index contributed by atoms with van der Waals surface area (Å²) in [6.07, 6.45) is 17.9. The Balaban J connectivity index is 0. The Hall–Kier alpha value is -0.870. The molecule has 0 fully saturated rings. The van der Waals surface area contributed by atoms with Crippen LogP contribution in [-0.4, -0.2) is 35.5 Å². The van der Waals surface area contributed by atoms with Crippen LogP contribution >= 0.6 is 0 Å². The SMILES string of the molecule is C=CC.CCCCCCCCCCCCCCCC(=O)OCC(O)CO. The molecule has 0 aliphatic rings. The first-order valence-corrected chi connectivity index (χ1v) is 10.6. The quantitative estimate of drug-likeness (QED) is 0.199. The molecule has 0 saturated carbocycles. The fourth-order valence-corrected chi connectivity index (χ4v) is 2.60. The molecule has 26 heavy (non-hydrogen) atoms. The highest BCUT2D eigenvalue weighted by Crippen LogP contribution is 2.13. The van der Waals surface area contributed by atoms with Gasteiger partial charge in [0.1, 0.15) is 12.7 Å². The molecule has 0 aromatic heterocycles. The highest BCUT2D eigenvalue weighted by atomic mass is 16.5. The Bertz CT molecular complexity index is 292. The zero-order valence-electron chi connectivity index (χ0n) is 17.4. The van der Waals surface area contributed by atoms with Gasteiger partial charge in [0, 0.05) is 6.42 Å². The van der Waals surface area contributed by atoms with Crippen LogP contribution in [0.2, 0.25) is 0 Å². The van der Waals surface area contributed by atoms with Crippen LogP contribution in [0, 0.1) is 0 Å². The summed E-state index contributed by atoms with van der Waals surface area (Å²) < 4.78 is 4.85. The van der Waals surface area contributed by atoms with E-state index >= 15 is 0 Å². The minimum Gasteiger partial charge on any atom is -0.463 e. The van der Waals surface area contributed by atoms with Crippen molar-refractivity contribution in [3.05, 3.63) is 12.7 Å². The number of esters is 1. The summed E-state index contributed by atoms with van der Waals surface area (Å²) >= 11 is 0. The first kappa shape index (κ1) is 27.3. The summed E-state index contributed by atoms with van der Waals surface area (Å²) in [7, 11) is 0. The number of hydrogen-bond donors (Lipinski definition) is 2. The molecule has 0 bridgehead atoms. The lowest BCUT2D eigenvalue weighted by molar-refractivity contribution is -0.147. The maximum Gasteiger partial charge on any atom is 0.305 e. The Morgan fingerprint density at radius 3 is 1.69 bits per heavy atom. The number of rotatable bonds is 17. The second-order valence-corrected chi connectivity index (χ2v) is 6.92. The molecule has 1 atom stereocenters. The molecule has 0 amide bonds. The van der Waals surface area contributed by atoms with Crippen LogP contribution in [0.1, 0.15) is 104 Å². The largest absolute Gasteiger partial charge is 0.463 e. The maximum atomic E-state index is 11.3. The van der Waals surface area contributed by atoms with E-state index in [0.29, 0.717) is 6.42 Å². The molecule has 0 aromatic carbocycles. The van der Waals surface area contributed by atoms with Crippen molar-refractivity contribution in [2.75, 3.05) is 13.2 Å². The van der Waals surface area contributed by atoms with E-state index in [2.05, 4.69) is 13.5 Å². The number of aliphatic hydroxyl groups excluding tert-OH is 2. The van der Waals surface area contributed by atoms with E-state index in [9.17, 15) is 4.79 Å².